The maximum Gasteiger partial charge on any atom is 0.270 e. The lowest BCUT2D eigenvalue weighted by atomic mass is 9.71. The van der Waals surface area contributed by atoms with Crippen molar-refractivity contribution in [2.45, 2.75) is 45.1 Å². The Hall–Kier alpha value is -2.83. The molecule has 0 aromatic carbocycles. The molecule has 2 aromatic rings. The van der Waals surface area contributed by atoms with Crippen molar-refractivity contribution in [2.24, 2.45) is 5.41 Å². The van der Waals surface area contributed by atoms with E-state index in [0.717, 1.165) is 31.2 Å². The van der Waals surface area contributed by atoms with Crippen LogP contribution in [0, 0.1) is 18.2 Å². The second kappa shape index (κ2) is 7.30. The van der Waals surface area contributed by atoms with E-state index in [0.29, 0.717) is 30.8 Å². The average Bonchev–Trinajstić information content (AvgIpc) is 2.97. The Balaban J connectivity index is 1.47. The molecule has 146 valence electrons. The molecule has 2 aliphatic rings. The third kappa shape index (κ3) is 3.48. The molecular weight excluding hydrogens is 359 g/mol. The van der Waals surface area contributed by atoms with Crippen LogP contribution in [0.1, 0.15) is 48.3 Å². The van der Waals surface area contributed by atoms with Crippen molar-refractivity contribution >= 4 is 17.5 Å². The van der Waals surface area contributed by atoms with Crippen LogP contribution in [0.5, 0.6) is 0 Å². The zero-order valence-corrected chi connectivity index (χ0v) is 15.8. The highest BCUT2D eigenvalue weighted by Crippen LogP contribution is 2.46. The molecule has 1 aliphatic heterocycles. The summed E-state index contributed by atoms with van der Waals surface area (Å²) in [5.74, 6) is -0.652. The number of halogens is 1. The summed E-state index contributed by atoms with van der Waals surface area (Å²) in [7, 11) is 0. The first-order valence-electron chi connectivity index (χ1n) is 9.64. The first-order valence-corrected chi connectivity index (χ1v) is 9.64. The fourth-order valence-corrected chi connectivity index (χ4v) is 4.45. The van der Waals surface area contributed by atoms with E-state index in [2.05, 4.69) is 15.3 Å². The second-order valence-electron chi connectivity index (χ2n) is 7.78. The summed E-state index contributed by atoms with van der Waals surface area (Å²) in [6, 6.07) is 6.62. The van der Waals surface area contributed by atoms with Crippen LogP contribution in [0.3, 0.4) is 0 Å². The van der Waals surface area contributed by atoms with Gasteiger partial charge in [0.2, 0.25) is 5.91 Å². The monoisotopic (exact) mass is 382 g/mol. The summed E-state index contributed by atoms with van der Waals surface area (Å²) in [4.78, 5) is 35.5. The predicted octanol–water partition coefficient (Wildman–Crippen LogP) is 3.02. The maximum atomic E-state index is 13.5. The molecule has 1 saturated heterocycles. The van der Waals surface area contributed by atoms with Crippen LogP contribution in [-0.4, -0.2) is 34.4 Å². The number of hydrogen-bond acceptors (Lipinski definition) is 4. The lowest BCUT2D eigenvalue weighted by molar-refractivity contribution is -0.127. The van der Waals surface area contributed by atoms with E-state index in [-0.39, 0.29) is 17.9 Å². The molecular formula is C21H23FN4O2. The number of aromatic nitrogens is 2. The summed E-state index contributed by atoms with van der Waals surface area (Å²) >= 11 is 0. The first kappa shape index (κ1) is 18.5. The van der Waals surface area contributed by atoms with Gasteiger partial charge in [0.05, 0.1) is 23.5 Å². The number of rotatable bonds is 3. The van der Waals surface area contributed by atoms with Crippen molar-refractivity contribution in [3.8, 4) is 0 Å². The number of carbonyl (C=O) groups is 2. The van der Waals surface area contributed by atoms with Gasteiger partial charge in [-0.05, 0) is 44.7 Å². The van der Waals surface area contributed by atoms with Crippen LogP contribution in [0.2, 0.25) is 0 Å². The van der Waals surface area contributed by atoms with Crippen molar-refractivity contribution in [3.63, 3.8) is 0 Å². The summed E-state index contributed by atoms with van der Waals surface area (Å²) in [6.45, 7) is 2.39. The van der Waals surface area contributed by atoms with Crippen LogP contribution in [0.25, 0.3) is 0 Å². The number of pyridine rings is 2. The number of amides is 2. The van der Waals surface area contributed by atoms with E-state index in [1.807, 2.05) is 19.1 Å². The largest absolute Gasteiger partial charge is 0.348 e. The molecule has 2 amide bonds. The summed E-state index contributed by atoms with van der Waals surface area (Å²) < 4.78 is 13.5. The number of nitrogens with one attached hydrogen (secondary N) is 1. The molecule has 1 aliphatic carbocycles. The predicted molar refractivity (Wildman–Crippen MR) is 102 cm³/mol. The van der Waals surface area contributed by atoms with E-state index in [1.165, 1.54) is 12.3 Å². The van der Waals surface area contributed by atoms with Crippen LogP contribution in [0.4, 0.5) is 10.1 Å². The Bertz CT molecular complexity index is 919. The summed E-state index contributed by atoms with van der Waals surface area (Å²) in [6.07, 6.45) is 6.46. The standard InChI is InChI=1S/C21H23FN4O2/c1-14-4-2-6-18(24-14)19(27)25-16-5-3-7-21(11-16)8-9-26(20(21)28)17-10-15(22)12-23-13-17/h2,4,6,10,12-13,16H,3,5,7-9,11H2,1H3,(H,25,27)/t16-,21?/m0/s1. The summed E-state index contributed by atoms with van der Waals surface area (Å²) in [5, 5.41) is 3.05. The fraction of sp³-hybridized carbons (Fsp3) is 0.429. The minimum Gasteiger partial charge on any atom is -0.348 e. The number of aryl methyl sites for hydroxylation is 1. The van der Waals surface area contributed by atoms with Crippen molar-refractivity contribution < 1.29 is 14.0 Å². The van der Waals surface area contributed by atoms with E-state index in [1.54, 1.807) is 11.0 Å². The van der Waals surface area contributed by atoms with Crippen LogP contribution >= 0.6 is 0 Å². The molecule has 2 atom stereocenters. The quantitative estimate of drug-likeness (QED) is 0.885. The van der Waals surface area contributed by atoms with Gasteiger partial charge in [-0.15, -0.1) is 0 Å². The SMILES string of the molecule is Cc1cccc(C(=O)N[C@H]2CCCC3(CCN(c4cncc(F)c4)C3=O)C2)n1. The van der Waals surface area contributed by atoms with Gasteiger partial charge in [-0.1, -0.05) is 12.5 Å². The third-order valence-corrected chi connectivity index (χ3v) is 5.82. The second-order valence-corrected chi connectivity index (χ2v) is 7.78. The van der Waals surface area contributed by atoms with Crippen molar-refractivity contribution in [1.29, 1.82) is 0 Å². The van der Waals surface area contributed by atoms with Gasteiger partial charge in [-0.3, -0.25) is 14.6 Å². The lowest BCUT2D eigenvalue weighted by Gasteiger charge is -2.36. The first-order chi connectivity index (χ1) is 13.5. The topological polar surface area (TPSA) is 75.2 Å². The molecule has 1 saturated carbocycles. The minimum absolute atomic E-state index is 0.00697. The number of hydrogen-bond donors (Lipinski definition) is 1. The Morgan fingerprint density at radius 2 is 2.18 bits per heavy atom. The number of carbonyl (C=O) groups excluding carboxylic acids is 2. The number of nitrogens with zero attached hydrogens (tertiary/aromatic N) is 3. The van der Waals surface area contributed by atoms with Gasteiger partial charge >= 0.3 is 0 Å². The lowest BCUT2D eigenvalue weighted by Crippen LogP contribution is -2.46. The Morgan fingerprint density at radius 3 is 2.96 bits per heavy atom. The van der Waals surface area contributed by atoms with Gasteiger partial charge in [-0.25, -0.2) is 9.37 Å². The smallest absolute Gasteiger partial charge is 0.270 e. The molecule has 0 bridgehead atoms. The van der Waals surface area contributed by atoms with E-state index < -0.39 is 11.2 Å². The normalized spacial score (nSPS) is 24.6. The molecule has 1 spiro atoms. The van der Waals surface area contributed by atoms with Gasteiger partial charge in [0, 0.05) is 24.3 Å². The van der Waals surface area contributed by atoms with Crippen molar-refractivity contribution in [1.82, 2.24) is 15.3 Å². The zero-order valence-electron chi connectivity index (χ0n) is 15.8. The van der Waals surface area contributed by atoms with Gasteiger partial charge < -0.3 is 10.2 Å². The maximum absolute atomic E-state index is 13.5. The van der Waals surface area contributed by atoms with Gasteiger partial charge in [0.1, 0.15) is 11.5 Å². The molecule has 3 heterocycles. The molecule has 7 heteroatoms. The highest BCUT2D eigenvalue weighted by molar-refractivity contribution is 6.00. The minimum atomic E-state index is -0.497. The van der Waals surface area contributed by atoms with Crippen LogP contribution in [0.15, 0.2) is 36.7 Å². The Morgan fingerprint density at radius 1 is 1.32 bits per heavy atom. The summed E-state index contributed by atoms with van der Waals surface area (Å²) in [5.41, 5.74) is 1.18. The van der Waals surface area contributed by atoms with Gasteiger partial charge in [-0.2, -0.15) is 0 Å². The molecule has 4 rings (SSSR count). The molecule has 1 unspecified atom stereocenters. The molecule has 1 N–H and O–H groups in total. The van der Waals surface area contributed by atoms with Crippen LogP contribution in [-0.2, 0) is 4.79 Å². The van der Waals surface area contributed by atoms with Crippen molar-refractivity contribution in [2.75, 3.05) is 11.4 Å². The number of anilines is 1. The molecule has 28 heavy (non-hydrogen) atoms. The van der Waals surface area contributed by atoms with Crippen molar-refractivity contribution in [3.05, 3.63) is 53.9 Å². The zero-order chi connectivity index (χ0) is 19.7. The highest BCUT2D eigenvalue weighted by Gasteiger charge is 2.49. The molecule has 0 radical (unpaired) electrons. The van der Waals surface area contributed by atoms with E-state index in [4.69, 9.17) is 0 Å². The van der Waals surface area contributed by atoms with Gasteiger partial charge in [0.25, 0.3) is 5.91 Å². The fourth-order valence-electron chi connectivity index (χ4n) is 4.45. The third-order valence-electron chi connectivity index (χ3n) is 5.82. The van der Waals surface area contributed by atoms with E-state index in [9.17, 15) is 14.0 Å². The van der Waals surface area contributed by atoms with E-state index >= 15 is 0 Å². The highest BCUT2D eigenvalue weighted by atomic mass is 19.1. The molecule has 2 fully saturated rings. The molecule has 2 aromatic heterocycles. The van der Waals surface area contributed by atoms with Gasteiger partial charge in [0.15, 0.2) is 0 Å². The average molecular weight is 382 g/mol. The van der Waals surface area contributed by atoms with Crippen LogP contribution < -0.4 is 10.2 Å². The Labute approximate surface area is 163 Å². The Kier molecular flexibility index (Phi) is 4.83. The molecule has 6 nitrogen and oxygen atoms in total.